The quantitative estimate of drug-likeness (QED) is 0.607. The summed E-state index contributed by atoms with van der Waals surface area (Å²) in [6.07, 6.45) is 4.26. The van der Waals surface area contributed by atoms with E-state index in [0.717, 1.165) is 0 Å². The SMILES string of the molecule is CNC(=O)c1c(-c2ccc(F)cc2)oc2ccc(-n3ccncc3=O)cc12. The molecule has 4 rings (SSSR count). The van der Waals surface area contributed by atoms with Gasteiger partial charge in [-0.2, -0.15) is 0 Å². The van der Waals surface area contributed by atoms with Crippen LogP contribution < -0.4 is 10.9 Å². The summed E-state index contributed by atoms with van der Waals surface area (Å²) in [6.45, 7) is 0. The highest BCUT2D eigenvalue weighted by Gasteiger charge is 2.22. The number of hydrogen-bond donors (Lipinski definition) is 1. The highest BCUT2D eigenvalue weighted by molar-refractivity contribution is 6.11. The molecule has 0 atom stereocenters. The van der Waals surface area contributed by atoms with Gasteiger partial charge in [-0.05, 0) is 42.5 Å². The second-order valence-corrected chi connectivity index (χ2v) is 5.86. The van der Waals surface area contributed by atoms with Crippen LogP contribution in [0.5, 0.6) is 0 Å². The van der Waals surface area contributed by atoms with Gasteiger partial charge in [-0.1, -0.05) is 0 Å². The fourth-order valence-electron chi connectivity index (χ4n) is 2.95. The average molecular weight is 363 g/mol. The summed E-state index contributed by atoms with van der Waals surface area (Å²) in [5.41, 5.74) is 1.67. The van der Waals surface area contributed by atoms with E-state index in [2.05, 4.69) is 10.3 Å². The molecule has 1 N–H and O–H groups in total. The van der Waals surface area contributed by atoms with Crippen LogP contribution >= 0.6 is 0 Å². The summed E-state index contributed by atoms with van der Waals surface area (Å²) in [6, 6.07) is 10.8. The van der Waals surface area contributed by atoms with E-state index in [-0.39, 0.29) is 17.3 Å². The number of carbonyl (C=O) groups is 1. The van der Waals surface area contributed by atoms with Crippen LogP contribution in [0.3, 0.4) is 0 Å². The highest BCUT2D eigenvalue weighted by Crippen LogP contribution is 2.34. The number of carbonyl (C=O) groups excluding carboxylic acids is 1. The molecule has 0 bridgehead atoms. The molecular weight excluding hydrogens is 349 g/mol. The molecule has 0 fully saturated rings. The van der Waals surface area contributed by atoms with Crippen molar-refractivity contribution < 1.29 is 13.6 Å². The Morgan fingerprint density at radius 1 is 1.19 bits per heavy atom. The molecule has 0 saturated heterocycles. The van der Waals surface area contributed by atoms with Crippen molar-refractivity contribution in [2.45, 2.75) is 0 Å². The zero-order valence-electron chi connectivity index (χ0n) is 14.3. The minimum atomic E-state index is -0.379. The van der Waals surface area contributed by atoms with Gasteiger partial charge in [0.1, 0.15) is 17.2 Å². The summed E-state index contributed by atoms with van der Waals surface area (Å²) in [4.78, 5) is 28.4. The third-order valence-corrected chi connectivity index (χ3v) is 4.23. The van der Waals surface area contributed by atoms with Crippen molar-refractivity contribution in [3.63, 3.8) is 0 Å². The van der Waals surface area contributed by atoms with Gasteiger partial charge in [-0.25, -0.2) is 4.39 Å². The Labute approximate surface area is 152 Å². The number of aromatic nitrogens is 2. The Bertz CT molecular complexity index is 1210. The maximum atomic E-state index is 13.3. The normalized spacial score (nSPS) is 10.9. The number of nitrogens with one attached hydrogen (secondary N) is 1. The Hall–Kier alpha value is -3.74. The molecule has 6 nitrogen and oxygen atoms in total. The number of halogens is 1. The summed E-state index contributed by atoms with van der Waals surface area (Å²) >= 11 is 0. The smallest absolute Gasteiger partial charge is 0.273 e. The standard InChI is InChI=1S/C20H14FN3O3/c1-22-20(26)18-15-10-14(24-9-8-23-11-17(24)25)6-7-16(15)27-19(18)12-2-4-13(21)5-3-12/h2-11H,1H3,(H,22,26). The number of fused-ring (bicyclic) bond motifs is 1. The second kappa shape index (κ2) is 6.53. The van der Waals surface area contributed by atoms with Crippen LogP contribution in [0.25, 0.3) is 28.0 Å². The maximum absolute atomic E-state index is 13.3. The van der Waals surface area contributed by atoms with Gasteiger partial charge in [0.25, 0.3) is 11.5 Å². The van der Waals surface area contributed by atoms with Gasteiger partial charge in [0.15, 0.2) is 0 Å². The molecule has 27 heavy (non-hydrogen) atoms. The van der Waals surface area contributed by atoms with E-state index in [1.807, 2.05) is 0 Å². The zero-order valence-corrected chi connectivity index (χ0v) is 14.3. The van der Waals surface area contributed by atoms with Gasteiger partial charge in [0.2, 0.25) is 0 Å². The van der Waals surface area contributed by atoms with Gasteiger partial charge < -0.3 is 9.73 Å². The molecular formula is C20H14FN3O3. The van der Waals surface area contributed by atoms with Crippen LogP contribution in [0.4, 0.5) is 4.39 Å². The monoisotopic (exact) mass is 363 g/mol. The van der Waals surface area contributed by atoms with Crippen LogP contribution in [0.2, 0.25) is 0 Å². The molecule has 0 saturated carbocycles. The minimum Gasteiger partial charge on any atom is -0.455 e. The number of amides is 1. The molecule has 0 unspecified atom stereocenters. The second-order valence-electron chi connectivity index (χ2n) is 5.86. The summed E-state index contributed by atoms with van der Waals surface area (Å²) in [5, 5.41) is 3.15. The first-order chi connectivity index (χ1) is 13.1. The lowest BCUT2D eigenvalue weighted by Crippen LogP contribution is -2.18. The molecule has 0 aliphatic rings. The predicted octanol–water partition coefficient (Wildman–Crippen LogP) is 3.14. The highest BCUT2D eigenvalue weighted by atomic mass is 19.1. The lowest BCUT2D eigenvalue weighted by atomic mass is 10.0. The molecule has 2 aromatic carbocycles. The lowest BCUT2D eigenvalue weighted by molar-refractivity contribution is 0.0964. The van der Waals surface area contributed by atoms with E-state index in [4.69, 9.17) is 4.42 Å². The number of benzene rings is 2. The van der Waals surface area contributed by atoms with Crippen molar-refractivity contribution in [3.05, 3.63) is 82.8 Å². The van der Waals surface area contributed by atoms with Gasteiger partial charge in [-0.3, -0.25) is 19.1 Å². The van der Waals surface area contributed by atoms with Crippen LogP contribution in [-0.2, 0) is 0 Å². The van der Waals surface area contributed by atoms with Crippen molar-refractivity contribution in [1.29, 1.82) is 0 Å². The minimum absolute atomic E-state index is 0.291. The number of rotatable bonds is 3. The molecule has 2 aromatic heterocycles. The van der Waals surface area contributed by atoms with E-state index < -0.39 is 0 Å². The number of furan rings is 1. The van der Waals surface area contributed by atoms with Crippen LogP contribution in [0, 0.1) is 5.82 Å². The Morgan fingerprint density at radius 3 is 2.67 bits per heavy atom. The van der Waals surface area contributed by atoms with E-state index in [1.54, 1.807) is 36.5 Å². The molecule has 0 aliphatic heterocycles. The van der Waals surface area contributed by atoms with E-state index in [1.165, 1.54) is 36.1 Å². The van der Waals surface area contributed by atoms with Gasteiger partial charge in [-0.15, -0.1) is 0 Å². The number of hydrogen-bond acceptors (Lipinski definition) is 4. The topological polar surface area (TPSA) is 77.1 Å². The van der Waals surface area contributed by atoms with Gasteiger partial charge in [0, 0.05) is 36.1 Å². The Morgan fingerprint density at radius 2 is 1.96 bits per heavy atom. The van der Waals surface area contributed by atoms with Crippen LogP contribution in [-0.4, -0.2) is 22.5 Å². The largest absolute Gasteiger partial charge is 0.455 e. The molecule has 0 aliphatic carbocycles. The van der Waals surface area contributed by atoms with Crippen molar-refractivity contribution >= 4 is 16.9 Å². The molecule has 0 radical (unpaired) electrons. The first kappa shape index (κ1) is 16.7. The molecule has 1 amide bonds. The Balaban J connectivity index is 1.98. The predicted molar refractivity (Wildman–Crippen MR) is 98.4 cm³/mol. The molecule has 7 heteroatoms. The van der Waals surface area contributed by atoms with Crippen molar-refractivity contribution in [2.24, 2.45) is 0 Å². The van der Waals surface area contributed by atoms with E-state index >= 15 is 0 Å². The molecule has 134 valence electrons. The van der Waals surface area contributed by atoms with Crippen LogP contribution in [0.15, 0.2) is 70.3 Å². The fraction of sp³-hybridized carbons (Fsp3) is 0.0500. The number of nitrogens with zero attached hydrogens (tertiary/aromatic N) is 2. The van der Waals surface area contributed by atoms with Crippen molar-refractivity contribution in [3.8, 4) is 17.0 Å². The van der Waals surface area contributed by atoms with Gasteiger partial charge >= 0.3 is 0 Å². The summed E-state index contributed by atoms with van der Waals surface area (Å²) < 4.78 is 20.6. The van der Waals surface area contributed by atoms with E-state index in [9.17, 15) is 14.0 Å². The summed E-state index contributed by atoms with van der Waals surface area (Å²) in [7, 11) is 1.52. The van der Waals surface area contributed by atoms with Gasteiger partial charge in [0.05, 0.1) is 11.8 Å². The maximum Gasteiger partial charge on any atom is 0.273 e. The van der Waals surface area contributed by atoms with Crippen LogP contribution in [0.1, 0.15) is 10.4 Å². The molecule has 4 aromatic rings. The Kier molecular flexibility index (Phi) is 4.04. The summed E-state index contributed by atoms with van der Waals surface area (Å²) in [5.74, 6) is -0.383. The molecule has 2 heterocycles. The third-order valence-electron chi connectivity index (χ3n) is 4.23. The average Bonchev–Trinajstić information content (AvgIpc) is 3.07. The molecule has 0 spiro atoms. The third kappa shape index (κ3) is 2.89. The van der Waals surface area contributed by atoms with Crippen molar-refractivity contribution in [2.75, 3.05) is 7.05 Å². The lowest BCUT2D eigenvalue weighted by Gasteiger charge is -2.05. The fourth-order valence-corrected chi connectivity index (χ4v) is 2.95. The zero-order chi connectivity index (χ0) is 19.0. The van der Waals surface area contributed by atoms with Crippen molar-refractivity contribution in [1.82, 2.24) is 14.9 Å². The first-order valence-electron chi connectivity index (χ1n) is 8.16. The first-order valence-corrected chi connectivity index (χ1v) is 8.16. The van der Waals surface area contributed by atoms with E-state index in [0.29, 0.717) is 33.5 Å².